The molecule has 3 aliphatic rings. The van der Waals surface area contributed by atoms with Crippen LogP contribution in [0.1, 0.15) is 25.8 Å². The van der Waals surface area contributed by atoms with E-state index in [1.807, 2.05) is 19.1 Å². The Bertz CT molecular complexity index is 1020. The number of thioether (sulfide) groups is 1. The van der Waals surface area contributed by atoms with Crippen LogP contribution in [0.15, 0.2) is 27.7 Å². The van der Waals surface area contributed by atoms with Crippen LogP contribution < -0.4 is 10.0 Å². The number of anilines is 1. The first-order valence-electron chi connectivity index (χ1n) is 11.0. The van der Waals surface area contributed by atoms with E-state index in [0.717, 1.165) is 34.0 Å². The molecule has 1 aromatic carbocycles. The first kappa shape index (κ1) is 26.7. The molecule has 12 heteroatoms. The summed E-state index contributed by atoms with van der Waals surface area (Å²) in [6.45, 7) is 4.51. The number of fused-ring (bicyclic) bond motifs is 2. The lowest BCUT2D eigenvalue weighted by atomic mass is 9.99. The van der Waals surface area contributed by atoms with Gasteiger partial charge in [-0.25, -0.2) is 13.6 Å². The number of benzene rings is 1. The fraction of sp³-hybridized carbons (Fsp3) is 0.591. The van der Waals surface area contributed by atoms with Gasteiger partial charge in [-0.05, 0) is 12.5 Å². The Hall–Kier alpha value is -1.89. The van der Waals surface area contributed by atoms with E-state index in [1.165, 1.54) is 28.7 Å². The summed E-state index contributed by atoms with van der Waals surface area (Å²) >= 11 is 3.01. The number of carbonyl (C=O) groups is 1. The van der Waals surface area contributed by atoms with Gasteiger partial charge in [-0.1, -0.05) is 43.1 Å². The first-order chi connectivity index (χ1) is 16.3. The van der Waals surface area contributed by atoms with Crippen LogP contribution in [0, 0.1) is 5.92 Å². The van der Waals surface area contributed by atoms with Crippen LogP contribution in [0.5, 0.6) is 0 Å². The van der Waals surface area contributed by atoms with E-state index in [9.17, 15) is 13.6 Å². The number of alkyl halides is 2. The van der Waals surface area contributed by atoms with Crippen LogP contribution in [0.3, 0.4) is 0 Å². The first-order valence-corrected chi connectivity index (χ1v) is 13.1. The van der Waals surface area contributed by atoms with Crippen molar-refractivity contribution in [2.24, 2.45) is 16.0 Å². The Kier molecular flexibility index (Phi) is 9.19. The average Bonchev–Trinajstić information content (AvgIpc) is 3.55. The number of nitrogens with zero attached hydrogens (tertiary/aromatic N) is 4. The van der Waals surface area contributed by atoms with Crippen molar-refractivity contribution in [3.05, 3.63) is 23.8 Å². The van der Waals surface area contributed by atoms with Gasteiger partial charge in [0.15, 0.2) is 11.4 Å². The molecule has 4 heterocycles. The van der Waals surface area contributed by atoms with Gasteiger partial charge >= 0.3 is 6.03 Å². The van der Waals surface area contributed by atoms with Crippen molar-refractivity contribution in [3.8, 4) is 0 Å². The van der Waals surface area contributed by atoms with Crippen molar-refractivity contribution in [1.82, 2.24) is 10.1 Å². The van der Waals surface area contributed by atoms with Gasteiger partial charge in [0.05, 0.1) is 16.5 Å². The Labute approximate surface area is 206 Å². The molecule has 0 saturated carbocycles. The predicted octanol–water partition coefficient (Wildman–Crippen LogP) is 4.48. The second-order valence-electron chi connectivity index (χ2n) is 8.05. The molecule has 2 fully saturated rings. The number of halogens is 2. The third-order valence-electron chi connectivity index (χ3n) is 5.77. The number of aliphatic imine (C=N–C) groups is 1. The maximum Gasteiger partial charge on any atom is 0.326 e. The Morgan fingerprint density at radius 3 is 2.71 bits per heavy atom. The number of methoxy groups -OCH3 is 1. The van der Waals surface area contributed by atoms with E-state index < -0.39 is 23.9 Å². The number of urea groups is 1. The number of amides is 2. The lowest BCUT2D eigenvalue weighted by Gasteiger charge is -2.37. The Morgan fingerprint density at radius 1 is 1.38 bits per heavy atom. The highest BCUT2D eigenvalue weighted by Crippen LogP contribution is 2.44. The van der Waals surface area contributed by atoms with E-state index in [1.54, 1.807) is 32.0 Å². The van der Waals surface area contributed by atoms with E-state index >= 15 is 0 Å². The zero-order valence-corrected chi connectivity index (χ0v) is 21.4. The van der Waals surface area contributed by atoms with Crippen molar-refractivity contribution < 1.29 is 22.8 Å². The monoisotopic (exact) mass is 515 g/mol. The molecule has 0 bridgehead atoms. The summed E-state index contributed by atoms with van der Waals surface area (Å²) in [4.78, 5) is 20.3. The minimum atomic E-state index is -2.85. The fourth-order valence-corrected chi connectivity index (χ4v) is 5.06. The number of hydrogen-bond donors (Lipinski definition) is 1. The quantitative estimate of drug-likeness (QED) is 0.602. The van der Waals surface area contributed by atoms with E-state index in [0.29, 0.717) is 11.4 Å². The lowest BCUT2D eigenvalue weighted by molar-refractivity contribution is -0.0585. The number of rotatable bonds is 3. The van der Waals surface area contributed by atoms with Gasteiger partial charge in [-0.3, -0.25) is 15.0 Å². The molecule has 0 spiro atoms. The highest BCUT2D eigenvalue weighted by atomic mass is 32.2. The van der Waals surface area contributed by atoms with Gasteiger partial charge in [-0.15, -0.1) is 11.8 Å². The van der Waals surface area contributed by atoms with Crippen LogP contribution in [0.25, 0.3) is 11.0 Å². The molecule has 0 radical (unpaired) electrons. The molecule has 1 aromatic heterocycles. The molecular formula is C22H31F2N5O3S2. The van der Waals surface area contributed by atoms with Gasteiger partial charge in [0.2, 0.25) is 0 Å². The predicted molar refractivity (Wildman–Crippen MR) is 135 cm³/mol. The van der Waals surface area contributed by atoms with E-state index in [4.69, 9.17) is 9.66 Å². The van der Waals surface area contributed by atoms with Crippen molar-refractivity contribution in [3.63, 3.8) is 0 Å². The third kappa shape index (κ3) is 5.19. The van der Waals surface area contributed by atoms with Gasteiger partial charge < -0.3 is 14.2 Å². The summed E-state index contributed by atoms with van der Waals surface area (Å²) in [5, 5.41) is 10.7. The van der Waals surface area contributed by atoms with E-state index in [2.05, 4.69) is 14.9 Å². The summed E-state index contributed by atoms with van der Waals surface area (Å²) in [7, 11) is 3.25. The van der Waals surface area contributed by atoms with Crippen LogP contribution in [-0.4, -0.2) is 78.5 Å². The zero-order valence-electron chi connectivity index (χ0n) is 19.8. The standard InChI is InChI=1S/C18H18F2N4O2S.C2H7NS.C2H6O/c1-10-9-24-13(18(10,19)20)5-7-23(17(24)25)15-14-11(16-21-6-8-27-16)3-2-4-12(14)26-22-15;1-2-4-3;1-3-2/h2-4,10,13H,5-9H2,1H3;2-3H2,1H3;1-2H3/t10-,13-;;/m1../s1. The Morgan fingerprint density at radius 2 is 2.09 bits per heavy atom. The molecule has 2 N–H and O–H groups in total. The molecular weight excluding hydrogens is 484 g/mol. The fourth-order valence-electron chi connectivity index (χ4n) is 4.17. The summed E-state index contributed by atoms with van der Waals surface area (Å²) < 4.78 is 38.4. The highest BCUT2D eigenvalue weighted by Gasteiger charge is 2.58. The van der Waals surface area contributed by atoms with Gasteiger partial charge in [-0.2, -0.15) is 0 Å². The van der Waals surface area contributed by atoms with Crippen LogP contribution in [0.4, 0.5) is 19.4 Å². The maximum absolute atomic E-state index is 14.4. The normalized spacial score (nSPS) is 23.1. The molecule has 2 amide bonds. The topological polar surface area (TPSA) is 97.2 Å². The number of carbonyl (C=O) groups excluding carboxylic acids is 1. The van der Waals surface area contributed by atoms with Crippen molar-refractivity contribution in [1.29, 1.82) is 0 Å². The third-order valence-corrected chi connectivity index (χ3v) is 7.11. The Balaban J connectivity index is 0.000000413. The summed E-state index contributed by atoms with van der Waals surface area (Å²) in [6.07, 6.45) is 0.204. The number of nitrogens with two attached hydrogens (primary N) is 1. The lowest BCUT2D eigenvalue weighted by Crippen LogP contribution is -2.55. The second kappa shape index (κ2) is 11.7. The van der Waals surface area contributed by atoms with Crippen LogP contribution in [-0.2, 0) is 4.74 Å². The minimum Gasteiger partial charge on any atom is -0.388 e. The number of hydrogen-bond acceptors (Lipinski definition) is 8. The van der Waals surface area contributed by atoms with Crippen LogP contribution >= 0.6 is 23.7 Å². The minimum absolute atomic E-state index is 0.0538. The maximum atomic E-state index is 14.4. The highest BCUT2D eigenvalue weighted by molar-refractivity contribution is 8.14. The van der Waals surface area contributed by atoms with Crippen LogP contribution in [0.2, 0.25) is 0 Å². The smallest absolute Gasteiger partial charge is 0.326 e. The summed E-state index contributed by atoms with van der Waals surface area (Å²) in [5.74, 6) is -1.38. The molecule has 188 valence electrons. The number of ether oxygens (including phenoxy) is 1. The number of aromatic nitrogens is 1. The van der Waals surface area contributed by atoms with E-state index in [-0.39, 0.29) is 19.5 Å². The molecule has 8 nitrogen and oxygen atoms in total. The summed E-state index contributed by atoms with van der Waals surface area (Å²) in [5.41, 5.74) is 1.44. The molecule has 3 aliphatic heterocycles. The molecule has 0 unspecified atom stereocenters. The SMILES string of the molecule is CCSN.COC.C[C@@H]1CN2C(=O)N(c3noc4cccc(C5=NCCS5)c34)CC[C@@H]2C1(F)F. The van der Waals surface area contributed by atoms with Crippen molar-refractivity contribution in [2.45, 2.75) is 32.2 Å². The molecule has 2 aromatic rings. The largest absolute Gasteiger partial charge is 0.388 e. The molecule has 0 aliphatic carbocycles. The average molecular weight is 516 g/mol. The molecule has 2 atom stereocenters. The van der Waals surface area contributed by atoms with Crippen molar-refractivity contribution in [2.75, 3.05) is 50.3 Å². The van der Waals surface area contributed by atoms with Crippen molar-refractivity contribution >= 4 is 51.6 Å². The molecule has 5 rings (SSSR count). The van der Waals surface area contributed by atoms with Gasteiger partial charge in [0, 0.05) is 56.8 Å². The summed E-state index contributed by atoms with van der Waals surface area (Å²) in [6, 6.07) is 4.12. The second-order valence-corrected chi connectivity index (χ2v) is 10.0. The van der Waals surface area contributed by atoms with Gasteiger partial charge in [0.25, 0.3) is 5.92 Å². The molecule has 2 saturated heterocycles. The molecule has 34 heavy (non-hydrogen) atoms. The zero-order chi connectivity index (χ0) is 24.9. The van der Waals surface area contributed by atoms with Gasteiger partial charge in [0.1, 0.15) is 0 Å².